The highest BCUT2D eigenvalue weighted by atomic mass is 16.4. The van der Waals surface area contributed by atoms with E-state index >= 15 is 0 Å². The fourth-order valence-electron chi connectivity index (χ4n) is 3.61. The molecule has 2 heterocycles. The van der Waals surface area contributed by atoms with Gasteiger partial charge < -0.3 is 14.6 Å². The maximum atomic E-state index is 12.6. The lowest BCUT2D eigenvalue weighted by molar-refractivity contribution is -0.140. The molecule has 132 valence electrons. The summed E-state index contributed by atoms with van der Waals surface area (Å²) < 4.78 is 1.75. The molecule has 1 N–H and O–H groups in total. The van der Waals surface area contributed by atoms with E-state index in [-0.39, 0.29) is 11.8 Å². The summed E-state index contributed by atoms with van der Waals surface area (Å²) in [5.74, 6) is -0.369. The second kappa shape index (κ2) is 6.29. The van der Waals surface area contributed by atoms with E-state index < -0.39 is 12.0 Å². The van der Waals surface area contributed by atoms with Crippen LogP contribution in [0.25, 0.3) is 11.0 Å². The Morgan fingerprint density at radius 1 is 1.15 bits per heavy atom. The van der Waals surface area contributed by atoms with E-state index in [1.54, 1.807) is 16.4 Å². The number of fused-ring (bicyclic) bond motifs is 1. The normalized spacial score (nSPS) is 18.4. The van der Waals surface area contributed by atoms with Crippen molar-refractivity contribution in [3.63, 3.8) is 0 Å². The minimum atomic E-state index is -0.918. The number of anilines is 1. The first-order valence-corrected chi connectivity index (χ1v) is 8.61. The summed E-state index contributed by atoms with van der Waals surface area (Å²) in [6.07, 6.45) is 0.324. The highest BCUT2D eigenvalue weighted by Crippen LogP contribution is 2.34. The van der Waals surface area contributed by atoms with E-state index in [1.807, 2.05) is 54.6 Å². The van der Waals surface area contributed by atoms with Gasteiger partial charge in [-0.15, -0.1) is 0 Å². The van der Waals surface area contributed by atoms with Crippen LogP contribution in [0.1, 0.15) is 31.1 Å². The molecule has 0 saturated carbocycles. The van der Waals surface area contributed by atoms with Gasteiger partial charge in [-0.1, -0.05) is 30.3 Å². The van der Waals surface area contributed by atoms with Gasteiger partial charge in [-0.05, 0) is 31.2 Å². The zero-order chi connectivity index (χ0) is 18.3. The van der Waals surface area contributed by atoms with Gasteiger partial charge in [0.2, 0.25) is 5.91 Å². The molecule has 3 aromatic rings. The maximum Gasteiger partial charge on any atom is 0.326 e. The zero-order valence-electron chi connectivity index (χ0n) is 14.4. The summed E-state index contributed by atoms with van der Waals surface area (Å²) in [6.45, 7) is 2.14. The standard InChI is InChI=1S/C20H19N3O3/c1-13(20(25)26)23-17-10-6-5-9-16(17)21-19(23)14-11-18(24)22(12-14)15-7-3-2-4-8-15/h2-10,13-14H,11-12H2,1H3,(H,25,26)/t13-,14-/m1/s1. The molecule has 6 nitrogen and oxygen atoms in total. The molecular formula is C20H19N3O3. The Labute approximate surface area is 150 Å². The summed E-state index contributed by atoms with van der Waals surface area (Å²) in [5.41, 5.74) is 2.39. The number of hydrogen-bond acceptors (Lipinski definition) is 3. The fourth-order valence-corrected chi connectivity index (χ4v) is 3.61. The van der Waals surface area contributed by atoms with Gasteiger partial charge in [0.15, 0.2) is 0 Å². The molecule has 0 spiro atoms. The molecule has 1 fully saturated rings. The van der Waals surface area contributed by atoms with Crippen molar-refractivity contribution in [2.45, 2.75) is 25.3 Å². The summed E-state index contributed by atoms with van der Waals surface area (Å²) in [5, 5.41) is 9.54. The molecule has 1 saturated heterocycles. The number of amides is 1. The summed E-state index contributed by atoms with van der Waals surface area (Å²) in [7, 11) is 0. The lowest BCUT2D eigenvalue weighted by Crippen LogP contribution is -2.25. The number of benzene rings is 2. The summed E-state index contributed by atoms with van der Waals surface area (Å²) >= 11 is 0. The first-order chi connectivity index (χ1) is 12.6. The van der Waals surface area contributed by atoms with Crippen molar-refractivity contribution in [1.82, 2.24) is 9.55 Å². The van der Waals surface area contributed by atoms with Crippen LogP contribution >= 0.6 is 0 Å². The molecule has 4 rings (SSSR count). The number of para-hydroxylation sites is 3. The molecule has 26 heavy (non-hydrogen) atoms. The van der Waals surface area contributed by atoms with Gasteiger partial charge in [0.1, 0.15) is 11.9 Å². The molecule has 0 aliphatic carbocycles. The Morgan fingerprint density at radius 2 is 1.85 bits per heavy atom. The molecular weight excluding hydrogens is 330 g/mol. The third kappa shape index (κ3) is 2.63. The Balaban J connectivity index is 1.76. The van der Waals surface area contributed by atoms with Crippen LogP contribution in [-0.4, -0.2) is 33.1 Å². The quantitative estimate of drug-likeness (QED) is 0.785. The minimum absolute atomic E-state index is 0.0304. The number of nitrogens with zero attached hydrogens (tertiary/aromatic N) is 3. The van der Waals surface area contributed by atoms with Crippen molar-refractivity contribution in [3.05, 3.63) is 60.4 Å². The Kier molecular flexibility index (Phi) is 3.95. The largest absolute Gasteiger partial charge is 0.480 e. The predicted octanol–water partition coefficient (Wildman–Crippen LogP) is 3.20. The van der Waals surface area contributed by atoms with E-state index in [0.29, 0.717) is 18.8 Å². The highest BCUT2D eigenvalue weighted by molar-refractivity contribution is 5.96. The van der Waals surface area contributed by atoms with Crippen LogP contribution in [0.4, 0.5) is 5.69 Å². The lowest BCUT2D eigenvalue weighted by Gasteiger charge is -2.18. The van der Waals surface area contributed by atoms with Crippen molar-refractivity contribution in [1.29, 1.82) is 0 Å². The SMILES string of the molecule is C[C@H](C(=O)O)n1c([C@@H]2CC(=O)N(c3ccccc3)C2)nc2ccccc21. The van der Waals surface area contributed by atoms with E-state index in [0.717, 1.165) is 16.7 Å². The van der Waals surface area contributed by atoms with Crippen LogP contribution in [0.5, 0.6) is 0 Å². The average Bonchev–Trinajstić information content (AvgIpc) is 3.22. The number of carbonyl (C=O) groups is 2. The van der Waals surface area contributed by atoms with Gasteiger partial charge >= 0.3 is 5.97 Å². The summed E-state index contributed by atoms with van der Waals surface area (Å²) in [6, 6.07) is 16.3. The van der Waals surface area contributed by atoms with E-state index in [2.05, 4.69) is 4.98 Å². The van der Waals surface area contributed by atoms with Crippen LogP contribution in [0, 0.1) is 0 Å². The monoisotopic (exact) mass is 349 g/mol. The molecule has 2 aromatic carbocycles. The predicted molar refractivity (Wildman–Crippen MR) is 98.2 cm³/mol. The van der Waals surface area contributed by atoms with Gasteiger partial charge in [0, 0.05) is 24.6 Å². The summed E-state index contributed by atoms with van der Waals surface area (Å²) in [4.78, 5) is 30.6. The van der Waals surface area contributed by atoms with Crippen LogP contribution in [0.3, 0.4) is 0 Å². The van der Waals surface area contributed by atoms with Crippen LogP contribution in [0.15, 0.2) is 54.6 Å². The number of aliphatic carboxylic acids is 1. The Hall–Kier alpha value is -3.15. The Bertz CT molecular complexity index is 980. The van der Waals surface area contributed by atoms with Crippen LogP contribution in [-0.2, 0) is 9.59 Å². The van der Waals surface area contributed by atoms with Gasteiger partial charge in [0.05, 0.1) is 11.0 Å². The minimum Gasteiger partial charge on any atom is -0.480 e. The number of imidazole rings is 1. The molecule has 1 aliphatic rings. The maximum absolute atomic E-state index is 12.6. The number of hydrogen-bond donors (Lipinski definition) is 1. The van der Waals surface area contributed by atoms with Crippen LogP contribution in [0.2, 0.25) is 0 Å². The molecule has 2 atom stereocenters. The van der Waals surface area contributed by atoms with Crippen molar-refractivity contribution in [2.24, 2.45) is 0 Å². The topological polar surface area (TPSA) is 75.4 Å². The molecule has 1 aromatic heterocycles. The molecule has 6 heteroatoms. The van der Waals surface area contributed by atoms with E-state index in [1.165, 1.54) is 0 Å². The van der Waals surface area contributed by atoms with Gasteiger partial charge in [0.25, 0.3) is 0 Å². The number of rotatable bonds is 4. The smallest absolute Gasteiger partial charge is 0.326 e. The number of carbonyl (C=O) groups excluding carboxylic acids is 1. The van der Waals surface area contributed by atoms with Gasteiger partial charge in [-0.25, -0.2) is 9.78 Å². The first kappa shape index (κ1) is 16.3. The molecule has 0 radical (unpaired) electrons. The third-order valence-corrected chi connectivity index (χ3v) is 4.93. The second-order valence-electron chi connectivity index (χ2n) is 6.58. The van der Waals surface area contributed by atoms with Crippen molar-refractivity contribution in [3.8, 4) is 0 Å². The molecule has 1 aliphatic heterocycles. The number of aromatic nitrogens is 2. The van der Waals surface area contributed by atoms with Crippen molar-refractivity contribution in [2.75, 3.05) is 11.4 Å². The average molecular weight is 349 g/mol. The molecule has 0 unspecified atom stereocenters. The number of carboxylic acid groups (broad SMARTS) is 1. The van der Waals surface area contributed by atoms with Crippen molar-refractivity contribution >= 4 is 28.6 Å². The van der Waals surface area contributed by atoms with Gasteiger partial charge in [-0.2, -0.15) is 0 Å². The lowest BCUT2D eigenvalue weighted by atomic mass is 10.1. The first-order valence-electron chi connectivity index (χ1n) is 8.61. The fraction of sp³-hybridized carbons (Fsp3) is 0.250. The molecule has 1 amide bonds. The Morgan fingerprint density at radius 3 is 2.58 bits per heavy atom. The number of carboxylic acids is 1. The van der Waals surface area contributed by atoms with Crippen molar-refractivity contribution < 1.29 is 14.7 Å². The zero-order valence-corrected chi connectivity index (χ0v) is 14.4. The third-order valence-electron chi connectivity index (χ3n) is 4.93. The van der Waals surface area contributed by atoms with Crippen LogP contribution < -0.4 is 4.90 Å². The second-order valence-corrected chi connectivity index (χ2v) is 6.58. The van der Waals surface area contributed by atoms with E-state index in [4.69, 9.17) is 0 Å². The highest BCUT2D eigenvalue weighted by Gasteiger charge is 2.36. The van der Waals surface area contributed by atoms with Gasteiger partial charge in [-0.3, -0.25) is 4.79 Å². The van der Waals surface area contributed by atoms with E-state index in [9.17, 15) is 14.7 Å². The molecule has 0 bridgehead atoms.